The summed E-state index contributed by atoms with van der Waals surface area (Å²) in [6, 6.07) is 0. The molecule has 0 aromatic carbocycles. The van der Waals surface area contributed by atoms with Gasteiger partial charge in [-0.2, -0.15) is 8.42 Å². The molecule has 0 saturated carbocycles. The van der Waals surface area contributed by atoms with Crippen molar-refractivity contribution in [3.63, 3.8) is 0 Å². The summed E-state index contributed by atoms with van der Waals surface area (Å²) < 4.78 is 69.2. The van der Waals surface area contributed by atoms with Gasteiger partial charge >= 0.3 is 51.9 Å². The first-order valence-electron chi connectivity index (χ1n) is 21.4. The number of carbonyl (C=O) groups is 2. The van der Waals surface area contributed by atoms with Gasteiger partial charge in [-0.15, -0.1) is 0 Å². The zero-order chi connectivity index (χ0) is 40.5. The molecule has 0 aromatic rings. The van der Waals surface area contributed by atoms with Crippen molar-refractivity contribution in [1.29, 1.82) is 0 Å². The number of hydrogen-bond donors (Lipinski definition) is 1. The molecule has 1 N–H and O–H groups in total. The van der Waals surface area contributed by atoms with Gasteiger partial charge in [0.25, 0.3) is 0 Å². The molecule has 11 nitrogen and oxygen atoms in total. The van der Waals surface area contributed by atoms with Crippen LogP contribution in [0.1, 0.15) is 190 Å². The molecule has 0 amide bonds. The van der Waals surface area contributed by atoms with Crippen molar-refractivity contribution in [3.8, 4) is 0 Å². The molecule has 55 heavy (non-hydrogen) atoms. The first kappa shape index (κ1) is 54.9. The molecule has 1 aliphatic heterocycles. The maximum absolute atomic E-state index is 13.3. The van der Waals surface area contributed by atoms with Crippen LogP contribution in [-0.4, -0.2) is 77.6 Å². The van der Waals surface area contributed by atoms with Crippen molar-refractivity contribution < 1.29 is 81.1 Å². The molecule has 1 rings (SSSR count). The molecule has 1 heterocycles. The van der Waals surface area contributed by atoms with Gasteiger partial charge in [0.05, 0.1) is 6.61 Å². The second-order valence-corrected chi connectivity index (χ2v) is 22.7. The summed E-state index contributed by atoms with van der Waals surface area (Å²) in [4.78, 5) is 26.5. The number of unbranched alkanes of at least 4 members (excludes halogenated alkanes) is 20. The van der Waals surface area contributed by atoms with Crippen molar-refractivity contribution in [2.45, 2.75) is 238 Å². The van der Waals surface area contributed by atoms with Crippen LogP contribution in [-0.2, 0) is 47.5 Å². The Morgan fingerprint density at radius 2 is 1.02 bits per heavy atom. The molecule has 0 bridgehead atoms. The van der Waals surface area contributed by atoms with Crippen LogP contribution in [0.3, 0.4) is 0 Å². The van der Waals surface area contributed by atoms with E-state index in [1.54, 1.807) is 0 Å². The van der Waals surface area contributed by atoms with E-state index in [1.165, 1.54) is 97.0 Å². The van der Waals surface area contributed by atoms with Crippen LogP contribution < -0.4 is 29.6 Å². The van der Waals surface area contributed by atoms with Crippen LogP contribution >= 0.6 is 0 Å². The molecule has 1 fully saturated rings. The van der Waals surface area contributed by atoms with Gasteiger partial charge in [0.2, 0.25) is 0 Å². The van der Waals surface area contributed by atoms with Crippen LogP contribution in [0, 0.1) is 0 Å². The molecule has 0 spiro atoms. The average Bonchev–Trinajstić information content (AvgIpc) is 3.09. The average molecular weight is 833 g/mol. The van der Waals surface area contributed by atoms with E-state index in [4.69, 9.17) is 27.6 Å². The van der Waals surface area contributed by atoms with Crippen LogP contribution in [0.4, 0.5) is 0 Å². The first-order valence-corrected chi connectivity index (χ1v) is 25.7. The third-order valence-corrected chi connectivity index (χ3v) is 15.9. The number of rotatable bonds is 32. The zero-order valence-electron chi connectivity index (χ0n) is 37.5. The Hall–Kier alpha value is -0.0931. The monoisotopic (exact) mass is 833 g/mol. The van der Waals surface area contributed by atoms with Crippen molar-refractivity contribution in [2.75, 3.05) is 13.7 Å². The molecule has 322 valence electrons. The second-order valence-electron chi connectivity index (χ2n) is 16.8. The van der Waals surface area contributed by atoms with Gasteiger partial charge in [-0.3, -0.25) is 14.1 Å². The molecule has 0 radical (unpaired) electrons. The van der Waals surface area contributed by atoms with Gasteiger partial charge in [-0.1, -0.05) is 163 Å². The third-order valence-electron chi connectivity index (χ3n) is 11.0. The van der Waals surface area contributed by atoms with Crippen molar-refractivity contribution in [3.05, 3.63) is 0 Å². The van der Waals surface area contributed by atoms with Crippen molar-refractivity contribution in [2.24, 2.45) is 0 Å². The number of methoxy groups -OCH3 is 1. The van der Waals surface area contributed by atoms with Gasteiger partial charge < -0.3 is 24.8 Å². The van der Waals surface area contributed by atoms with Gasteiger partial charge in [0.1, 0.15) is 12.2 Å². The molecule has 1 aliphatic rings. The summed E-state index contributed by atoms with van der Waals surface area (Å²) in [6.45, 7) is 14.6. The van der Waals surface area contributed by atoms with Crippen LogP contribution in [0.5, 0.6) is 0 Å². The maximum Gasteiger partial charge on any atom is 1.00 e. The van der Waals surface area contributed by atoms with E-state index in [2.05, 4.69) is 34.6 Å². The summed E-state index contributed by atoms with van der Waals surface area (Å²) >= 11 is 0. The van der Waals surface area contributed by atoms with E-state index >= 15 is 0 Å². The summed E-state index contributed by atoms with van der Waals surface area (Å²) in [5, 5.41) is -0.172. The summed E-state index contributed by atoms with van der Waals surface area (Å²) in [5.74, 6) is -1.14. The number of hydrogen-bond acceptors (Lipinski definition) is 10. The van der Waals surface area contributed by atoms with E-state index in [0.29, 0.717) is 12.8 Å². The van der Waals surface area contributed by atoms with Gasteiger partial charge in [0.15, 0.2) is 26.8 Å². The summed E-state index contributed by atoms with van der Waals surface area (Å²) in [5.41, 5.74) is 0. The minimum Gasteiger partial charge on any atom is -1.00 e. The van der Waals surface area contributed by atoms with Crippen LogP contribution in [0.25, 0.3) is 0 Å². The Balaban J connectivity index is 0. The van der Waals surface area contributed by atoms with E-state index in [1.807, 2.05) is 13.1 Å². The standard InChI is InChI=1S/C41H80O11SSi.Na.H/c1-9-11-13-15-17-19-21-23-25-27-29-31-35(42)50-38-37(52-53(44,45)46)34(33-48-54(7,8)41(3,4)5)49-40(47-6)39(38)51-36(43)32-30-28-26-24-22-20-18-16-14-12-10-2;;/h34,37-40H,9-33H2,1-8H3,(H,44,45,46);;/q;+1;-1/t34-,37-,38+,39-,40+;;/m1../s1. The summed E-state index contributed by atoms with van der Waals surface area (Å²) in [7, 11) is -6.05. The fourth-order valence-corrected chi connectivity index (χ4v) is 8.04. The SMILES string of the molecule is CCCCCCCCCCCCCC(=O)O[C@@H]1[C@@H](OC(=O)CCCCCCCCCCCCC)[C@@H](OC)O[C@H](CO[Si](C)(C)C(C)(C)C)[C@H]1OS(=O)(=O)O.[H-].[Na+]. The van der Waals surface area contributed by atoms with Crippen LogP contribution in [0.2, 0.25) is 18.1 Å². The normalized spacial score (nSPS) is 20.6. The van der Waals surface area contributed by atoms with E-state index in [9.17, 15) is 22.6 Å². The Bertz CT molecular complexity index is 1110. The fraction of sp³-hybridized carbons (Fsp3) is 0.951. The van der Waals surface area contributed by atoms with E-state index in [0.717, 1.165) is 38.5 Å². The molecule has 5 atom stereocenters. The molecular formula is C41H81NaO11SSi. The predicted molar refractivity (Wildman–Crippen MR) is 218 cm³/mol. The van der Waals surface area contributed by atoms with Crippen molar-refractivity contribution in [1.82, 2.24) is 0 Å². The molecule has 0 unspecified atom stereocenters. The maximum atomic E-state index is 13.3. The zero-order valence-corrected chi connectivity index (χ0v) is 40.3. The number of ether oxygens (including phenoxy) is 4. The van der Waals surface area contributed by atoms with Crippen LogP contribution in [0.15, 0.2) is 0 Å². The molecule has 0 aromatic heterocycles. The first-order chi connectivity index (χ1) is 25.6. The molecule has 1 saturated heterocycles. The topological polar surface area (TPSA) is 144 Å². The molecule has 14 heteroatoms. The van der Waals surface area contributed by atoms with E-state index in [-0.39, 0.29) is 55.5 Å². The number of esters is 2. The Labute approximate surface area is 361 Å². The second kappa shape index (κ2) is 30.9. The van der Waals surface area contributed by atoms with Gasteiger partial charge in [-0.25, -0.2) is 4.18 Å². The number of carbonyl (C=O) groups excluding carboxylic acids is 2. The third kappa shape index (κ3) is 25.2. The minimum absolute atomic E-state index is 0. The minimum atomic E-state index is -5.05. The largest absolute Gasteiger partial charge is 1.00 e. The predicted octanol–water partition coefficient (Wildman–Crippen LogP) is 7.91. The fourth-order valence-electron chi connectivity index (χ4n) is 6.51. The molecule has 0 aliphatic carbocycles. The smallest absolute Gasteiger partial charge is 1.00 e. The Kier molecular flexibility index (Phi) is 30.8. The molecular weight excluding hydrogens is 752 g/mol. The van der Waals surface area contributed by atoms with Gasteiger partial charge in [-0.05, 0) is 31.0 Å². The van der Waals surface area contributed by atoms with Crippen molar-refractivity contribution >= 4 is 30.7 Å². The Morgan fingerprint density at radius 1 is 0.655 bits per heavy atom. The quantitative estimate of drug-likeness (QED) is 0.0306. The Morgan fingerprint density at radius 3 is 1.36 bits per heavy atom. The summed E-state index contributed by atoms with van der Waals surface area (Å²) in [6.07, 6.45) is 18.4. The van der Waals surface area contributed by atoms with Gasteiger partial charge in [0, 0.05) is 20.0 Å². The van der Waals surface area contributed by atoms with E-state index < -0.39 is 61.4 Å².